The Morgan fingerprint density at radius 2 is 2.25 bits per heavy atom. The zero-order valence-electron chi connectivity index (χ0n) is 13.6. The highest BCUT2D eigenvalue weighted by molar-refractivity contribution is 5.48. The van der Waals surface area contributed by atoms with Gasteiger partial charge in [0.05, 0.1) is 11.9 Å². The molecule has 2 atom stereocenters. The SMILES string of the molecule is COCc1nc([C@H]2CN(c3ccc(C#N)nc3)C[C@@H]2C2CC2)n[nH]1. The highest BCUT2D eigenvalue weighted by Crippen LogP contribution is 2.47. The Kier molecular flexibility index (Phi) is 3.90. The molecule has 1 saturated carbocycles. The van der Waals surface area contributed by atoms with Gasteiger partial charge in [0.1, 0.15) is 18.4 Å². The molecule has 0 unspecified atom stereocenters. The van der Waals surface area contributed by atoms with Crippen molar-refractivity contribution in [3.63, 3.8) is 0 Å². The molecule has 3 heterocycles. The first-order valence-corrected chi connectivity index (χ1v) is 8.29. The minimum absolute atomic E-state index is 0.329. The van der Waals surface area contributed by atoms with E-state index in [1.54, 1.807) is 19.4 Å². The maximum Gasteiger partial charge on any atom is 0.156 e. The van der Waals surface area contributed by atoms with Crippen LogP contribution in [-0.4, -0.2) is 40.4 Å². The summed E-state index contributed by atoms with van der Waals surface area (Å²) in [4.78, 5) is 11.2. The fourth-order valence-electron chi connectivity index (χ4n) is 3.63. The van der Waals surface area contributed by atoms with Gasteiger partial charge >= 0.3 is 0 Å². The van der Waals surface area contributed by atoms with Crippen molar-refractivity contribution in [3.05, 3.63) is 35.7 Å². The van der Waals surface area contributed by atoms with Gasteiger partial charge in [-0.25, -0.2) is 9.97 Å². The standard InChI is InChI=1S/C17H20N6O/c1-24-10-16-20-17(22-21-16)15-9-23(8-14(15)11-2-3-11)13-5-4-12(6-18)19-7-13/h4-5,7,11,14-15H,2-3,8-10H2,1H3,(H,20,21,22)/t14-,15+/m1/s1. The Hall–Kier alpha value is -2.46. The molecule has 124 valence electrons. The molecule has 0 aromatic carbocycles. The average molecular weight is 324 g/mol. The van der Waals surface area contributed by atoms with Crippen LogP contribution in [0.1, 0.15) is 36.1 Å². The number of hydrogen-bond acceptors (Lipinski definition) is 6. The summed E-state index contributed by atoms with van der Waals surface area (Å²) in [5.74, 6) is 3.35. The van der Waals surface area contributed by atoms with Crippen molar-refractivity contribution in [2.24, 2.45) is 11.8 Å². The fraction of sp³-hybridized carbons (Fsp3) is 0.529. The lowest BCUT2D eigenvalue weighted by Gasteiger charge is -2.17. The van der Waals surface area contributed by atoms with E-state index in [0.29, 0.717) is 24.1 Å². The van der Waals surface area contributed by atoms with Crippen LogP contribution in [0.5, 0.6) is 0 Å². The summed E-state index contributed by atoms with van der Waals surface area (Å²) >= 11 is 0. The number of ether oxygens (including phenoxy) is 1. The van der Waals surface area contributed by atoms with Crippen LogP contribution in [0.25, 0.3) is 0 Å². The lowest BCUT2D eigenvalue weighted by molar-refractivity contribution is 0.178. The first-order chi connectivity index (χ1) is 11.8. The molecule has 0 radical (unpaired) electrons. The second-order valence-corrected chi connectivity index (χ2v) is 6.60. The average Bonchev–Trinajstić information content (AvgIpc) is 3.19. The van der Waals surface area contributed by atoms with Crippen LogP contribution in [-0.2, 0) is 11.3 Å². The zero-order valence-corrected chi connectivity index (χ0v) is 13.6. The molecular formula is C17H20N6O. The Morgan fingerprint density at radius 1 is 1.38 bits per heavy atom. The molecule has 0 amide bonds. The second-order valence-electron chi connectivity index (χ2n) is 6.60. The summed E-state index contributed by atoms with van der Waals surface area (Å²) in [6.07, 6.45) is 4.39. The quantitative estimate of drug-likeness (QED) is 0.902. The van der Waals surface area contributed by atoms with Crippen molar-refractivity contribution in [1.82, 2.24) is 20.2 Å². The van der Waals surface area contributed by atoms with E-state index < -0.39 is 0 Å². The van der Waals surface area contributed by atoms with Gasteiger partial charge in [0.15, 0.2) is 11.6 Å². The summed E-state index contributed by atoms with van der Waals surface area (Å²) in [6, 6.07) is 5.82. The van der Waals surface area contributed by atoms with Crippen LogP contribution in [0.2, 0.25) is 0 Å². The van der Waals surface area contributed by atoms with E-state index in [4.69, 9.17) is 10.00 Å². The lowest BCUT2D eigenvalue weighted by atomic mass is 9.91. The zero-order chi connectivity index (χ0) is 16.5. The van der Waals surface area contributed by atoms with Crippen molar-refractivity contribution >= 4 is 5.69 Å². The molecule has 1 N–H and O–H groups in total. The van der Waals surface area contributed by atoms with Crippen LogP contribution >= 0.6 is 0 Å². The number of anilines is 1. The second kappa shape index (κ2) is 6.21. The normalized spacial score (nSPS) is 23.4. The van der Waals surface area contributed by atoms with Crippen molar-refractivity contribution < 1.29 is 4.74 Å². The van der Waals surface area contributed by atoms with E-state index in [1.807, 2.05) is 6.07 Å². The van der Waals surface area contributed by atoms with Gasteiger partial charge in [-0.1, -0.05) is 0 Å². The number of nitrogens with zero attached hydrogens (tertiary/aromatic N) is 5. The van der Waals surface area contributed by atoms with Crippen molar-refractivity contribution in [3.8, 4) is 6.07 Å². The molecule has 0 bridgehead atoms. The third kappa shape index (κ3) is 2.85. The maximum atomic E-state index is 8.90. The van der Waals surface area contributed by atoms with E-state index in [0.717, 1.165) is 36.3 Å². The lowest BCUT2D eigenvalue weighted by Crippen LogP contribution is -2.20. The molecule has 0 spiro atoms. The predicted octanol–water partition coefficient (Wildman–Crippen LogP) is 1.85. The Balaban J connectivity index is 1.55. The topological polar surface area (TPSA) is 90.7 Å². The van der Waals surface area contributed by atoms with Gasteiger partial charge in [0.25, 0.3) is 0 Å². The highest BCUT2D eigenvalue weighted by Gasteiger charge is 2.44. The Morgan fingerprint density at radius 3 is 2.92 bits per heavy atom. The fourth-order valence-corrected chi connectivity index (χ4v) is 3.63. The first-order valence-electron chi connectivity index (χ1n) is 8.29. The van der Waals surface area contributed by atoms with E-state index in [9.17, 15) is 0 Å². The molecule has 4 rings (SSSR count). The van der Waals surface area contributed by atoms with Crippen molar-refractivity contribution in [2.75, 3.05) is 25.1 Å². The number of H-pyrrole nitrogens is 1. The van der Waals surface area contributed by atoms with E-state index >= 15 is 0 Å². The number of pyridine rings is 1. The number of hydrogen-bond donors (Lipinski definition) is 1. The van der Waals surface area contributed by atoms with Gasteiger partial charge in [-0.3, -0.25) is 5.10 Å². The molecule has 7 nitrogen and oxygen atoms in total. The monoisotopic (exact) mass is 324 g/mol. The van der Waals surface area contributed by atoms with Gasteiger partial charge in [0.2, 0.25) is 0 Å². The molecule has 2 fully saturated rings. The third-order valence-electron chi connectivity index (χ3n) is 4.98. The smallest absolute Gasteiger partial charge is 0.156 e. The van der Waals surface area contributed by atoms with Gasteiger partial charge in [-0.15, -0.1) is 0 Å². The van der Waals surface area contributed by atoms with Gasteiger partial charge in [-0.05, 0) is 36.8 Å². The van der Waals surface area contributed by atoms with Crippen LogP contribution in [0.4, 0.5) is 5.69 Å². The number of aromatic amines is 1. The summed E-state index contributed by atoms with van der Waals surface area (Å²) < 4.78 is 5.12. The minimum Gasteiger partial charge on any atom is -0.377 e. The van der Waals surface area contributed by atoms with Crippen molar-refractivity contribution in [2.45, 2.75) is 25.4 Å². The van der Waals surface area contributed by atoms with Gasteiger partial charge in [0, 0.05) is 26.1 Å². The predicted molar refractivity (Wildman–Crippen MR) is 87.2 cm³/mol. The molecule has 2 aliphatic rings. The van der Waals surface area contributed by atoms with E-state index in [-0.39, 0.29) is 0 Å². The summed E-state index contributed by atoms with van der Waals surface area (Å²) in [5.41, 5.74) is 1.52. The summed E-state index contributed by atoms with van der Waals surface area (Å²) in [7, 11) is 1.66. The van der Waals surface area contributed by atoms with Crippen LogP contribution < -0.4 is 4.90 Å². The number of rotatable bonds is 5. The van der Waals surface area contributed by atoms with E-state index in [2.05, 4.69) is 31.1 Å². The van der Waals surface area contributed by atoms with Gasteiger partial charge < -0.3 is 9.64 Å². The van der Waals surface area contributed by atoms with Gasteiger partial charge in [-0.2, -0.15) is 10.4 Å². The van der Waals surface area contributed by atoms with Crippen molar-refractivity contribution in [1.29, 1.82) is 5.26 Å². The van der Waals surface area contributed by atoms with Crippen LogP contribution in [0.15, 0.2) is 18.3 Å². The molecule has 2 aromatic rings. The number of methoxy groups -OCH3 is 1. The maximum absolute atomic E-state index is 8.90. The highest BCUT2D eigenvalue weighted by atomic mass is 16.5. The molecular weight excluding hydrogens is 304 g/mol. The third-order valence-corrected chi connectivity index (χ3v) is 4.98. The Bertz CT molecular complexity index is 745. The molecule has 7 heteroatoms. The molecule has 24 heavy (non-hydrogen) atoms. The summed E-state index contributed by atoms with van der Waals surface area (Å²) in [5, 5.41) is 16.3. The Labute approximate surface area is 140 Å². The number of nitrogens with one attached hydrogen (secondary N) is 1. The number of aromatic nitrogens is 4. The molecule has 1 aliphatic carbocycles. The van der Waals surface area contributed by atoms with Crippen LogP contribution in [0.3, 0.4) is 0 Å². The summed E-state index contributed by atoms with van der Waals surface area (Å²) in [6.45, 7) is 2.34. The molecule has 2 aromatic heterocycles. The first kappa shape index (κ1) is 15.1. The van der Waals surface area contributed by atoms with Crippen LogP contribution in [0, 0.1) is 23.2 Å². The number of nitriles is 1. The molecule has 1 saturated heterocycles. The largest absolute Gasteiger partial charge is 0.377 e. The van der Waals surface area contributed by atoms with E-state index in [1.165, 1.54) is 12.8 Å². The minimum atomic E-state index is 0.329. The molecule has 1 aliphatic heterocycles.